The zero-order valence-corrected chi connectivity index (χ0v) is 18.8. The number of ether oxygens (including phenoxy) is 2. The fraction of sp³-hybridized carbons (Fsp3) is 0.120. The van der Waals surface area contributed by atoms with Crippen molar-refractivity contribution in [1.82, 2.24) is 0 Å². The molecule has 31 heavy (non-hydrogen) atoms. The number of nitrogens with zero attached hydrogens (tertiary/aromatic N) is 1. The van der Waals surface area contributed by atoms with Gasteiger partial charge in [-0.05, 0) is 59.2 Å². The van der Waals surface area contributed by atoms with Crippen molar-refractivity contribution in [3.8, 4) is 17.6 Å². The molecule has 0 saturated carbocycles. The highest BCUT2D eigenvalue weighted by Crippen LogP contribution is 2.27. The molecule has 5 nitrogen and oxygen atoms in total. The number of amides is 1. The Bertz CT molecular complexity index is 1150. The van der Waals surface area contributed by atoms with Gasteiger partial charge in [0, 0.05) is 16.6 Å². The molecule has 0 aliphatic rings. The molecule has 0 radical (unpaired) electrons. The average molecular weight is 477 g/mol. The number of methoxy groups -OCH3 is 2. The van der Waals surface area contributed by atoms with Crippen LogP contribution in [-0.2, 0) is 11.2 Å². The fourth-order valence-electron chi connectivity index (χ4n) is 3.03. The molecule has 0 atom stereocenters. The van der Waals surface area contributed by atoms with Gasteiger partial charge in [-0.25, -0.2) is 0 Å². The van der Waals surface area contributed by atoms with E-state index in [4.69, 9.17) is 9.47 Å². The summed E-state index contributed by atoms with van der Waals surface area (Å²) >= 11 is 3.57. The number of nitrogens with one attached hydrogen (secondary N) is 1. The second-order valence-corrected chi connectivity index (χ2v) is 7.55. The lowest BCUT2D eigenvalue weighted by Crippen LogP contribution is -2.13. The number of benzene rings is 3. The van der Waals surface area contributed by atoms with Gasteiger partial charge in [0.15, 0.2) is 0 Å². The lowest BCUT2D eigenvalue weighted by Gasteiger charge is -2.11. The summed E-state index contributed by atoms with van der Waals surface area (Å²) in [7, 11) is 3.18. The zero-order valence-electron chi connectivity index (χ0n) is 17.2. The van der Waals surface area contributed by atoms with Crippen LogP contribution in [-0.4, -0.2) is 20.1 Å². The molecule has 0 fully saturated rings. The van der Waals surface area contributed by atoms with Gasteiger partial charge in [0.1, 0.15) is 23.1 Å². The summed E-state index contributed by atoms with van der Waals surface area (Å²) in [6.45, 7) is 0. The van der Waals surface area contributed by atoms with Crippen molar-refractivity contribution in [2.24, 2.45) is 0 Å². The van der Waals surface area contributed by atoms with Crippen LogP contribution in [0.15, 0.2) is 76.8 Å². The van der Waals surface area contributed by atoms with Crippen LogP contribution in [0.2, 0.25) is 0 Å². The van der Waals surface area contributed by atoms with Gasteiger partial charge in [-0.1, -0.05) is 46.3 Å². The van der Waals surface area contributed by atoms with Gasteiger partial charge in [-0.15, -0.1) is 0 Å². The van der Waals surface area contributed by atoms with Gasteiger partial charge in [0.25, 0.3) is 5.91 Å². The molecule has 156 valence electrons. The van der Waals surface area contributed by atoms with Crippen LogP contribution in [0, 0.1) is 11.3 Å². The second kappa shape index (κ2) is 10.5. The Balaban J connectivity index is 1.80. The molecule has 0 aliphatic carbocycles. The van der Waals surface area contributed by atoms with Gasteiger partial charge < -0.3 is 14.8 Å². The SMILES string of the molecule is COc1ccc(NC(=O)/C(C#N)=C/c2ccc(Cc3ccccc3Br)c(OC)c2)cc1. The van der Waals surface area contributed by atoms with E-state index in [1.807, 2.05) is 42.5 Å². The summed E-state index contributed by atoms with van der Waals surface area (Å²) in [4.78, 5) is 12.5. The molecule has 6 heteroatoms. The van der Waals surface area contributed by atoms with Crippen molar-refractivity contribution in [3.63, 3.8) is 0 Å². The maximum absolute atomic E-state index is 12.5. The first kappa shape index (κ1) is 22.1. The van der Waals surface area contributed by atoms with E-state index in [2.05, 4.69) is 27.3 Å². The van der Waals surface area contributed by atoms with Gasteiger partial charge in [-0.2, -0.15) is 5.26 Å². The third-order valence-electron chi connectivity index (χ3n) is 4.67. The Labute approximate surface area is 190 Å². The Morgan fingerprint density at radius 3 is 2.42 bits per heavy atom. The van der Waals surface area contributed by atoms with Crippen molar-refractivity contribution >= 4 is 33.6 Å². The molecule has 0 saturated heterocycles. The molecule has 0 aromatic heterocycles. The van der Waals surface area contributed by atoms with Crippen molar-refractivity contribution in [2.45, 2.75) is 6.42 Å². The maximum Gasteiger partial charge on any atom is 0.266 e. The lowest BCUT2D eigenvalue weighted by molar-refractivity contribution is -0.112. The highest BCUT2D eigenvalue weighted by atomic mass is 79.9. The highest BCUT2D eigenvalue weighted by Gasteiger charge is 2.12. The minimum absolute atomic E-state index is 0.00331. The largest absolute Gasteiger partial charge is 0.497 e. The predicted octanol–water partition coefficient (Wildman–Crippen LogP) is 5.60. The van der Waals surface area contributed by atoms with Crippen LogP contribution in [0.3, 0.4) is 0 Å². The topological polar surface area (TPSA) is 71.3 Å². The number of rotatable bonds is 7. The molecule has 3 aromatic carbocycles. The fourth-order valence-corrected chi connectivity index (χ4v) is 3.46. The Morgan fingerprint density at radius 2 is 1.77 bits per heavy atom. The molecular weight excluding hydrogens is 456 g/mol. The molecular formula is C25H21BrN2O3. The number of nitriles is 1. The monoisotopic (exact) mass is 476 g/mol. The number of carbonyl (C=O) groups excluding carboxylic acids is 1. The van der Waals surface area contributed by atoms with Gasteiger partial charge in [0.05, 0.1) is 14.2 Å². The molecule has 3 rings (SSSR count). The van der Waals surface area contributed by atoms with Crippen molar-refractivity contribution in [1.29, 1.82) is 5.26 Å². The molecule has 0 spiro atoms. The van der Waals surface area contributed by atoms with Gasteiger partial charge in [-0.3, -0.25) is 4.79 Å². The Kier molecular flexibility index (Phi) is 7.47. The number of carbonyl (C=O) groups is 1. The van der Waals surface area contributed by atoms with Gasteiger partial charge in [0.2, 0.25) is 0 Å². The van der Waals surface area contributed by atoms with Crippen molar-refractivity contribution in [3.05, 3.63) is 93.5 Å². The molecule has 0 unspecified atom stereocenters. The maximum atomic E-state index is 12.5. The van der Waals surface area contributed by atoms with Crippen LogP contribution in [0.4, 0.5) is 5.69 Å². The lowest BCUT2D eigenvalue weighted by atomic mass is 10.0. The van der Waals surface area contributed by atoms with E-state index in [0.717, 1.165) is 15.6 Å². The summed E-state index contributed by atoms with van der Waals surface area (Å²) in [6, 6.07) is 22.5. The van der Waals surface area contributed by atoms with E-state index in [9.17, 15) is 10.1 Å². The minimum Gasteiger partial charge on any atom is -0.497 e. The molecule has 0 heterocycles. The third-order valence-corrected chi connectivity index (χ3v) is 5.45. The molecule has 0 bridgehead atoms. The normalized spacial score (nSPS) is 10.8. The number of hydrogen-bond donors (Lipinski definition) is 1. The summed E-state index contributed by atoms with van der Waals surface area (Å²) in [6.07, 6.45) is 2.24. The van der Waals surface area contributed by atoms with E-state index in [1.54, 1.807) is 44.6 Å². The summed E-state index contributed by atoms with van der Waals surface area (Å²) in [5.74, 6) is 0.894. The smallest absolute Gasteiger partial charge is 0.266 e. The van der Waals surface area contributed by atoms with E-state index >= 15 is 0 Å². The predicted molar refractivity (Wildman–Crippen MR) is 125 cm³/mol. The van der Waals surface area contributed by atoms with Crippen LogP contribution in [0.25, 0.3) is 6.08 Å². The Morgan fingerprint density at radius 1 is 1.03 bits per heavy atom. The van der Waals surface area contributed by atoms with Crippen LogP contribution in [0.5, 0.6) is 11.5 Å². The average Bonchev–Trinajstić information content (AvgIpc) is 2.80. The quantitative estimate of drug-likeness (QED) is 0.355. The highest BCUT2D eigenvalue weighted by molar-refractivity contribution is 9.10. The summed E-state index contributed by atoms with van der Waals surface area (Å²) in [5.41, 5.74) is 3.42. The second-order valence-electron chi connectivity index (χ2n) is 6.69. The molecule has 3 aromatic rings. The van der Waals surface area contributed by atoms with Crippen LogP contribution < -0.4 is 14.8 Å². The van der Waals surface area contributed by atoms with E-state index in [1.165, 1.54) is 0 Å². The van der Waals surface area contributed by atoms with Crippen LogP contribution in [0.1, 0.15) is 16.7 Å². The van der Waals surface area contributed by atoms with E-state index < -0.39 is 5.91 Å². The van der Waals surface area contributed by atoms with E-state index in [0.29, 0.717) is 29.2 Å². The van der Waals surface area contributed by atoms with Crippen molar-refractivity contribution < 1.29 is 14.3 Å². The number of hydrogen-bond acceptors (Lipinski definition) is 4. The first-order chi connectivity index (χ1) is 15.0. The molecule has 1 amide bonds. The zero-order chi connectivity index (χ0) is 22.2. The summed E-state index contributed by atoms with van der Waals surface area (Å²) < 4.78 is 11.7. The summed E-state index contributed by atoms with van der Waals surface area (Å²) in [5, 5.41) is 12.2. The van der Waals surface area contributed by atoms with Gasteiger partial charge >= 0.3 is 0 Å². The number of halogens is 1. The minimum atomic E-state index is -0.482. The molecule has 1 N–H and O–H groups in total. The standard InChI is InChI=1S/C25H21BrN2O3/c1-30-22-11-9-21(10-12-22)28-25(29)20(16-27)13-17-7-8-19(24(14-17)31-2)15-18-5-3-4-6-23(18)26/h3-14H,15H2,1-2H3,(H,28,29)/b20-13+. The third kappa shape index (κ3) is 5.74. The van der Waals surface area contributed by atoms with E-state index in [-0.39, 0.29) is 5.57 Å². The van der Waals surface area contributed by atoms with Crippen LogP contribution >= 0.6 is 15.9 Å². The Hall–Kier alpha value is -3.56. The first-order valence-electron chi connectivity index (χ1n) is 9.51. The number of anilines is 1. The first-order valence-corrected chi connectivity index (χ1v) is 10.3. The van der Waals surface area contributed by atoms with Crippen molar-refractivity contribution in [2.75, 3.05) is 19.5 Å². The molecule has 0 aliphatic heterocycles.